The van der Waals surface area contributed by atoms with Gasteiger partial charge in [0.05, 0.1) is 0 Å². The fourth-order valence-corrected chi connectivity index (χ4v) is 1.96. The molecule has 0 saturated carbocycles. The van der Waals surface area contributed by atoms with E-state index in [0.29, 0.717) is 0 Å². The lowest BCUT2D eigenvalue weighted by Gasteiger charge is -2.08. The van der Waals surface area contributed by atoms with Gasteiger partial charge in [-0.25, -0.2) is 0 Å². The molecule has 0 N–H and O–H groups in total. The highest BCUT2D eigenvalue weighted by atomic mass is 16.1. The van der Waals surface area contributed by atoms with E-state index in [1.807, 2.05) is 25.1 Å². The summed E-state index contributed by atoms with van der Waals surface area (Å²) in [4.78, 5) is 11.2. The SMILES string of the molecule is CC(=O)[C@H](C)Cc1ccc(-c2ccccc2)cc1. The molecule has 18 heavy (non-hydrogen) atoms. The third-order valence-corrected chi connectivity index (χ3v) is 3.30. The predicted octanol–water partition coefficient (Wildman–Crippen LogP) is 4.12. The van der Waals surface area contributed by atoms with Crippen molar-refractivity contribution in [3.63, 3.8) is 0 Å². The lowest BCUT2D eigenvalue weighted by molar-refractivity contribution is -0.120. The summed E-state index contributed by atoms with van der Waals surface area (Å²) in [6.45, 7) is 3.64. The summed E-state index contributed by atoms with van der Waals surface area (Å²) in [6.07, 6.45) is 0.824. The number of hydrogen-bond acceptors (Lipinski definition) is 1. The molecule has 0 bridgehead atoms. The van der Waals surface area contributed by atoms with Crippen LogP contribution in [0.4, 0.5) is 0 Å². The van der Waals surface area contributed by atoms with Crippen LogP contribution in [0.1, 0.15) is 19.4 Å². The molecule has 0 heterocycles. The quantitative estimate of drug-likeness (QED) is 0.783. The van der Waals surface area contributed by atoms with Gasteiger partial charge < -0.3 is 0 Å². The predicted molar refractivity (Wildman–Crippen MR) is 75.4 cm³/mol. The average molecular weight is 238 g/mol. The molecule has 0 unspecified atom stereocenters. The summed E-state index contributed by atoms with van der Waals surface area (Å²) in [5.41, 5.74) is 3.66. The van der Waals surface area contributed by atoms with E-state index >= 15 is 0 Å². The topological polar surface area (TPSA) is 17.1 Å². The van der Waals surface area contributed by atoms with Crippen molar-refractivity contribution in [3.8, 4) is 11.1 Å². The van der Waals surface area contributed by atoms with Gasteiger partial charge >= 0.3 is 0 Å². The lowest BCUT2D eigenvalue weighted by atomic mass is 9.96. The minimum absolute atomic E-state index is 0.104. The van der Waals surface area contributed by atoms with Gasteiger partial charge in [0.2, 0.25) is 0 Å². The summed E-state index contributed by atoms with van der Waals surface area (Å²) >= 11 is 0. The fraction of sp³-hybridized carbons (Fsp3) is 0.235. The van der Waals surface area contributed by atoms with Gasteiger partial charge in [-0.1, -0.05) is 61.5 Å². The Bertz CT molecular complexity index is 511. The number of rotatable bonds is 4. The zero-order valence-corrected chi connectivity index (χ0v) is 10.9. The van der Waals surface area contributed by atoms with Gasteiger partial charge in [0.15, 0.2) is 0 Å². The monoisotopic (exact) mass is 238 g/mol. The molecular weight excluding hydrogens is 220 g/mol. The van der Waals surface area contributed by atoms with Crippen molar-refractivity contribution in [2.24, 2.45) is 5.92 Å². The van der Waals surface area contributed by atoms with E-state index in [-0.39, 0.29) is 11.7 Å². The Balaban J connectivity index is 2.13. The molecule has 1 nitrogen and oxygen atoms in total. The van der Waals surface area contributed by atoms with Crippen LogP contribution in [0.25, 0.3) is 11.1 Å². The van der Waals surface area contributed by atoms with Gasteiger partial charge in [0.25, 0.3) is 0 Å². The summed E-state index contributed by atoms with van der Waals surface area (Å²) in [6, 6.07) is 18.8. The molecule has 1 heteroatoms. The second-order valence-corrected chi connectivity index (χ2v) is 4.78. The van der Waals surface area contributed by atoms with E-state index in [1.54, 1.807) is 6.92 Å². The molecule has 2 aromatic rings. The van der Waals surface area contributed by atoms with Crippen molar-refractivity contribution in [2.75, 3.05) is 0 Å². The summed E-state index contributed by atoms with van der Waals surface area (Å²) in [5.74, 6) is 0.356. The Hall–Kier alpha value is -1.89. The van der Waals surface area contributed by atoms with Gasteiger partial charge in [0, 0.05) is 5.92 Å². The molecule has 92 valence electrons. The maximum Gasteiger partial charge on any atom is 0.132 e. The van der Waals surface area contributed by atoms with Crippen LogP contribution in [-0.2, 0) is 11.2 Å². The molecule has 2 rings (SSSR count). The van der Waals surface area contributed by atoms with Gasteiger partial charge in [-0.3, -0.25) is 4.79 Å². The van der Waals surface area contributed by atoms with Crippen molar-refractivity contribution in [3.05, 3.63) is 60.2 Å². The van der Waals surface area contributed by atoms with E-state index in [2.05, 4.69) is 36.4 Å². The normalized spacial score (nSPS) is 12.1. The molecule has 0 aromatic heterocycles. The first kappa shape index (κ1) is 12.6. The molecule has 0 aliphatic heterocycles. The Morgan fingerprint density at radius 3 is 2.06 bits per heavy atom. The molecule has 1 atom stereocenters. The van der Waals surface area contributed by atoms with Crippen LogP contribution in [0.5, 0.6) is 0 Å². The first-order valence-corrected chi connectivity index (χ1v) is 6.31. The Labute approximate surface area is 108 Å². The molecular formula is C17H18O. The molecule has 0 saturated heterocycles. The van der Waals surface area contributed by atoms with Crippen molar-refractivity contribution in [1.82, 2.24) is 0 Å². The molecule has 0 amide bonds. The number of ketones is 1. The smallest absolute Gasteiger partial charge is 0.132 e. The summed E-state index contributed by atoms with van der Waals surface area (Å²) in [5, 5.41) is 0. The highest BCUT2D eigenvalue weighted by Gasteiger charge is 2.08. The first-order valence-electron chi connectivity index (χ1n) is 6.31. The van der Waals surface area contributed by atoms with E-state index < -0.39 is 0 Å². The van der Waals surface area contributed by atoms with Crippen molar-refractivity contribution >= 4 is 5.78 Å². The number of carbonyl (C=O) groups excluding carboxylic acids is 1. The zero-order valence-electron chi connectivity index (χ0n) is 10.9. The van der Waals surface area contributed by atoms with E-state index in [9.17, 15) is 4.79 Å². The third kappa shape index (κ3) is 3.07. The highest BCUT2D eigenvalue weighted by Crippen LogP contribution is 2.20. The largest absolute Gasteiger partial charge is 0.300 e. The number of benzene rings is 2. The standard InChI is InChI=1S/C17H18O/c1-13(14(2)18)12-15-8-10-17(11-9-15)16-6-4-3-5-7-16/h3-11,13H,12H2,1-2H3/t13-/m1/s1. The van der Waals surface area contributed by atoms with Crippen molar-refractivity contribution < 1.29 is 4.79 Å². The molecule has 0 aliphatic carbocycles. The minimum Gasteiger partial charge on any atom is -0.300 e. The van der Waals surface area contributed by atoms with Crippen LogP contribution in [0, 0.1) is 5.92 Å². The second kappa shape index (κ2) is 5.63. The van der Waals surface area contributed by atoms with Crippen LogP contribution < -0.4 is 0 Å². The van der Waals surface area contributed by atoms with Crippen LogP contribution in [0.3, 0.4) is 0 Å². The van der Waals surface area contributed by atoms with E-state index in [0.717, 1.165) is 6.42 Å². The third-order valence-electron chi connectivity index (χ3n) is 3.30. The maximum absolute atomic E-state index is 11.2. The van der Waals surface area contributed by atoms with Crippen molar-refractivity contribution in [1.29, 1.82) is 0 Å². The van der Waals surface area contributed by atoms with Crippen molar-refractivity contribution in [2.45, 2.75) is 20.3 Å². The van der Waals surface area contributed by atoms with Crippen LogP contribution >= 0.6 is 0 Å². The Morgan fingerprint density at radius 2 is 1.50 bits per heavy atom. The molecule has 0 radical (unpaired) electrons. The minimum atomic E-state index is 0.104. The van der Waals surface area contributed by atoms with Gasteiger partial charge in [0.1, 0.15) is 5.78 Å². The average Bonchev–Trinajstić information content (AvgIpc) is 2.40. The van der Waals surface area contributed by atoms with Crippen LogP contribution in [0.15, 0.2) is 54.6 Å². The Morgan fingerprint density at radius 1 is 0.944 bits per heavy atom. The summed E-state index contributed by atoms with van der Waals surface area (Å²) < 4.78 is 0. The first-order chi connectivity index (χ1) is 8.66. The second-order valence-electron chi connectivity index (χ2n) is 4.78. The Kier molecular flexibility index (Phi) is 3.93. The molecule has 0 spiro atoms. The molecule has 0 aliphatic rings. The molecule has 2 aromatic carbocycles. The van der Waals surface area contributed by atoms with Gasteiger partial charge in [-0.15, -0.1) is 0 Å². The summed E-state index contributed by atoms with van der Waals surface area (Å²) in [7, 11) is 0. The van der Waals surface area contributed by atoms with E-state index in [1.165, 1.54) is 16.7 Å². The maximum atomic E-state index is 11.2. The zero-order chi connectivity index (χ0) is 13.0. The van der Waals surface area contributed by atoms with Crippen LogP contribution in [-0.4, -0.2) is 5.78 Å². The van der Waals surface area contributed by atoms with Gasteiger partial charge in [-0.2, -0.15) is 0 Å². The molecule has 0 fully saturated rings. The van der Waals surface area contributed by atoms with E-state index in [4.69, 9.17) is 0 Å². The lowest BCUT2D eigenvalue weighted by Crippen LogP contribution is -2.09. The highest BCUT2D eigenvalue weighted by molar-refractivity contribution is 5.78. The number of hydrogen-bond donors (Lipinski definition) is 0. The fourth-order valence-electron chi connectivity index (χ4n) is 1.96. The number of Topliss-reactive ketones (excluding diaryl/α,β-unsaturated/α-hetero) is 1. The van der Waals surface area contributed by atoms with Gasteiger partial charge in [-0.05, 0) is 30.0 Å². The number of carbonyl (C=O) groups is 1. The van der Waals surface area contributed by atoms with Crippen LogP contribution in [0.2, 0.25) is 0 Å².